The second-order valence-electron chi connectivity index (χ2n) is 10.0. The molecule has 1 N–H and O–H groups in total. The van der Waals surface area contributed by atoms with Crippen LogP contribution in [0.15, 0.2) is 54.7 Å². The molecule has 37 heavy (non-hydrogen) atoms. The number of hydrogen-bond donors (Lipinski definition) is 1. The van der Waals surface area contributed by atoms with Crippen molar-refractivity contribution < 1.29 is 19.1 Å². The van der Waals surface area contributed by atoms with Crippen molar-refractivity contribution in [3.05, 3.63) is 66.0 Å². The number of carbonyl (C=O) groups excluding carboxylic acids is 2. The van der Waals surface area contributed by atoms with Gasteiger partial charge in [-0.3, -0.25) is 24.4 Å². The van der Waals surface area contributed by atoms with E-state index in [0.29, 0.717) is 32.8 Å². The molecule has 4 rings (SSSR count). The minimum absolute atomic E-state index is 0.00471. The number of benzene rings is 1. The molecule has 200 valence electrons. The molecule has 0 saturated carbocycles. The first-order valence-corrected chi connectivity index (χ1v) is 13.5. The lowest BCUT2D eigenvalue weighted by Crippen LogP contribution is -2.63. The molecule has 1 aromatic carbocycles. The number of piperazine rings is 1. The van der Waals surface area contributed by atoms with Crippen LogP contribution in [0.2, 0.25) is 0 Å². The predicted molar refractivity (Wildman–Crippen MR) is 142 cm³/mol. The maximum Gasteiger partial charge on any atom is 0.305 e. The van der Waals surface area contributed by atoms with Gasteiger partial charge in [0.2, 0.25) is 5.91 Å². The van der Waals surface area contributed by atoms with Crippen molar-refractivity contribution in [3.8, 4) is 0 Å². The summed E-state index contributed by atoms with van der Waals surface area (Å²) < 4.78 is 11.3. The lowest BCUT2D eigenvalue weighted by atomic mass is 9.86. The van der Waals surface area contributed by atoms with Crippen LogP contribution in [0, 0.1) is 0 Å². The Morgan fingerprint density at radius 3 is 2.41 bits per heavy atom. The summed E-state index contributed by atoms with van der Waals surface area (Å²) in [6.07, 6.45) is 3.89. The molecular formula is C29H40N4O4. The third-order valence-electron chi connectivity index (χ3n) is 7.84. The van der Waals surface area contributed by atoms with Gasteiger partial charge in [0.25, 0.3) is 0 Å². The minimum atomic E-state index is -0.299. The van der Waals surface area contributed by atoms with Gasteiger partial charge in [0.05, 0.1) is 17.7 Å². The van der Waals surface area contributed by atoms with Gasteiger partial charge in [0.15, 0.2) is 0 Å². The minimum Gasteiger partial charge on any atom is -0.464 e. The van der Waals surface area contributed by atoms with Gasteiger partial charge in [-0.25, -0.2) is 0 Å². The number of pyridine rings is 1. The van der Waals surface area contributed by atoms with Crippen molar-refractivity contribution in [2.24, 2.45) is 0 Å². The Morgan fingerprint density at radius 1 is 1.05 bits per heavy atom. The molecule has 1 aromatic heterocycles. The molecule has 2 aromatic rings. The molecule has 0 spiro atoms. The summed E-state index contributed by atoms with van der Waals surface area (Å²) in [5, 5.41) is 3.24. The van der Waals surface area contributed by atoms with Gasteiger partial charge in [-0.15, -0.1) is 0 Å². The molecule has 1 amide bonds. The Labute approximate surface area is 220 Å². The van der Waals surface area contributed by atoms with E-state index in [0.717, 1.165) is 50.3 Å². The van der Waals surface area contributed by atoms with Crippen molar-refractivity contribution in [1.29, 1.82) is 0 Å². The van der Waals surface area contributed by atoms with Crippen LogP contribution in [-0.2, 0) is 19.1 Å². The van der Waals surface area contributed by atoms with Crippen LogP contribution in [0.4, 0.5) is 0 Å². The quantitative estimate of drug-likeness (QED) is 0.494. The normalized spacial score (nSPS) is 20.1. The second-order valence-corrected chi connectivity index (χ2v) is 10.0. The molecule has 2 fully saturated rings. The first-order valence-electron chi connectivity index (χ1n) is 13.5. The van der Waals surface area contributed by atoms with Crippen molar-refractivity contribution in [2.45, 2.75) is 50.6 Å². The highest BCUT2D eigenvalue weighted by Crippen LogP contribution is 2.31. The highest BCUT2D eigenvalue weighted by Gasteiger charge is 2.41. The van der Waals surface area contributed by atoms with E-state index in [4.69, 9.17) is 9.47 Å². The van der Waals surface area contributed by atoms with Crippen LogP contribution in [0.1, 0.15) is 56.3 Å². The average molecular weight is 509 g/mol. The molecule has 0 aliphatic carbocycles. The van der Waals surface area contributed by atoms with Gasteiger partial charge >= 0.3 is 5.97 Å². The van der Waals surface area contributed by atoms with Crippen LogP contribution >= 0.6 is 0 Å². The Hall–Kier alpha value is -2.81. The van der Waals surface area contributed by atoms with Crippen LogP contribution in [0.3, 0.4) is 0 Å². The molecule has 3 heterocycles. The zero-order chi connectivity index (χ0) is 26.1. The second kappa shape index (κ2) is 13.1. The van der Waals surface area contributed by atoms with Crippen molar-refractivity contribution in [3.63, 3.8) is 0 Å². The summed E-state index contributed by atoms with van der Waals surface area (Å²) in [4.78, 5) is 34.2. The molecule has 2 atom stereocenters. The number of ether oxygens (including phenoxy) is 2. The van der Waals surface area contributed by atoms with E-state index < -0.39 is 0 Å². The maximum atomic E-state index is 13.0. The summed E-state index contributed by atoms with van der Waals surface area (Å²) in [5.41, 5.74) is 1.82. The first kappa shape index (κ1) is 27.2. The number of nitrogens with zero attached hydrogens (tertiary/aromatic N) is 3. The molecule has 0 radical (unpaired) electrons. The van der Waals surface area contributed by atoms with Gasteiger partial charge in [0.1, 0.15) is 6.61 Å². The largest absolute Gasteiger partial charge is 0.464 e. The maximum absolute atomic E-state index is 13.0. The zero-order valence-electron chi connectivity index (χ0n) is 22.1. The summed E-state index contributed by atoms with van der Waals surface area (Å²) in [7, 11) is 0. The van der Waals surface area contributed by atoms with Gasteiger partial charge in [-0.1, -0.05) is 43.3 Å². The number of amides is 1. The molecule has 0 bridgehead atoms. The summed E-state index contributed by atoms with van der Waals surface area (Å²) >= 11 is 0. The number of esters is 1. The fourth-order valence-electron chi connectivity index (χ4n) is 5.40. The van der Waals surface area contributed by atoms with Crippen molar-refractivity contribution >= 4 is 11.9 Å². The zero-order valence-corrected chi connectivity index (χ0v) is 22.1. The number of hydrogen-bond acceptors (Lipinski definition) is 7. The fraction of sp³-hybridized carbons (Fsp3) is 0.552. The van der Waals surface area contributed by atoms with Gasteiger partial charge < -0.3 is 14.8 Å². The molecule has 8 heteroatoms. The Morgan fingerprint density at radius 2 is 1.76 bits per heavy atom. The Balaban J connectivity index is 1.40. The summed E-state index contributed by atoms with van der Waals surface area (Å²) in [5.74, 6) is -0.464. The van der Waals surface area contributed by atoms with Gasteiger partial charge in [0, 0.05) is 64.1 Å². The smallest absolute Gasteiger partial charge is 0.305 e. The van der Waals surface area contributed by atoms with Gasteiger partial charge in [-0.2, -0.15) is 0 Å². The molecule has 2 aliphatic heterocycles. The topological polar surface area (TPSA) is 84.0 Å². The molecule has 2 aliphatic rings. The summed E-state index contributed by atoms with van der Waals surface area (Å²) in [6.45, 7) is 9.59. The molecule has 2 saturated heterocycles. The van der Waals surface area contributed by atoms with Crippen molar-refractivity contribution in [2.75, 3.05) is 52.5 Å². The highest BCUT2D eigenvalue weighted by atomic mass is 16.5. The average Bonchev–Trinajstić information content (AvgIpc) is 2.97. The van der Waals surface area contributed by atoms with Gasteiger partial charge in [-0.05, 0) is 37.5 Å². The monoisotopic (exact) mass is 508 g/mol. The van der Waals surface area contributed by atoms with Crippen molar-refractivity contribution in [1.82, 2.24) is 20.1 Å². The molecule has 2 unspecified atom stereocenters. The highest BCUT2D eigenvalue weighted by molar-refractivity contribution is 5.82. The molecule has 8 nitrogen and oxygen atoms in total. The van der Waals surface area contributed by atoms with Crippen LogP contribution in [0.5, 0.6) is 0 Å². The fourth-order valence-corrected chi connectivity index (χ4v) is 5.40. The number of rotatable bonds is 10. The molecular weight excluding hydrogens is 468 g/mol. The standard InChI is InChI=1S/C29H40N4O4/c1-3-27(34)37-21-26(24-9-5-4-6-10-24)32-15-17-33(18-16-32)29(12-19-36-20-13-29)22-31-28(35)23(2)25-11-7-8-14-30-25/h4-11,14,23,26H,3,12-13,15-22H2,1-2H3,(H,31,35). The summed E-state index contributed by atoms with van der Waals surface area (Å²) in [6, 6.07) is 16.0. The van der Waals surface area contributed by atoms with E-state index in [-0.39, 0.29) is 29.4 Å². The van der Waals surface area contributed by atoms with E-state index in [1.165, 1.54) is 0 Å². The van der Waals surface area contributed by atoms with Crippen LogP contribution in [0.25, 0.3) is 0 Å². The number of carbonyl (C=O) groups is 2. The van der Waals surface area contributed by atoms with E-state index in [9.17, 15) is 9.59 Å². The van der Waals surface area contributed by atoms with E-state index in [2.05, 4.69) is 32.2 Å². The van der Waals surface area contributed by atoms with Crippen LogP contribution in [-0.4, -0.2) is 84.7 Å². The predicted octanol–water partition coefficient (Wildman–Crippen LogP) is 3.16. The van der Waals surface area contributed by atoms with E-state index in [1.807, 2.05) is 50.2 Å². The lowest BCUT2D eigenvalue weighted by molar-refractivity contribution is -0.145. The lowest BCUT2D eigenvalue weighted by Gasteiger charge is -2.50. The Bertz CT molecular complexity index is 989. The number of aromatic nitrogens is 1. The first-order chi connectivity index (χ1) is 18.0. The van der Waals surface area contributed by atoms with Crippen LogP contribution < -0.4 is 5.32 Å². The Kier molecular flexibility index (Phi) is 9.66. The van der Waals surface area contributed by atoms with E-state index >= 15 is 0 Å². The third-order valence-corrected chi connectivity index (χ3v) is 7.84. The van der Waals surface area contributed by atoms with E-state index in [1.54, 1.807) is 6.20 Å². The SMILES string of the molecule is CCC(=O)OCC(c1ccccc1)N1CCN(C2(CNC(=O)C(C)c3ccccn3)CCOCC2)CC1. The number of nitrogens with one attached hydrogen (secondary N) is 1. The third kappa shape index (κ3) is 6.94.